The lowest BCUT2D eigenvalue weighted by molar-refractivity contribution is 0.0961. The topological polar surface area (TPSA) is 77.2 Å². The Morgan fingerprint density at radius 3 is 3.00 bits per heavy atom. The van der Waals surface area contributed by atoms with Crippen molar-refractivity contribution < 1.29 is 9.53 Å². The van der Waals surface area contributed by atoms with Gasteiger partial charge in [0.2, 0.25) is 0 Å². The Bertz CT molecular complexity index is 402. The van der Waals surface area contributed by atoms with Gasteiger partial charge in [-0.3, -0.25) is 9.78 Å². The minimum Gasteiger partial charge on any atom is -0.489 e. The molecule has 86 valence electrons. The molecule has 0 radical (unpaired) electrons. The maximum Gasteiger partial charge on any atom is 0.253 e. The van der Waals surface area contributed by atoms with E-state index in [1.165, 1.54) is 0 Å². The standard InChI is InChI=1S/C11H15N3O2/c1-13-11(15)9-4-8(16-7-2-3-7)6-14-10(9)5-12/h4,6-7H,2-3,5,12H2,1H3,(H,13,15). The molecule has 0 saturated heterocycles. The van der Waals surface area contributed by atoms with Crippen LogP contribution >= 0.6 is 0 Å². The molecule has 2 rings (SSSR count). The van der Waals surface area contributed by atoms with Crippen LogP contribution in [0.15, 0.2) is 12.3 Å². The molecule has 16 heavy (non-hydrogen) atoms. The first-order chi connectivity index (χ1) is 7.74. The molecule has 1 heterocycles. The van der Waals surface area contributed by atoms with E-state index in [2.05, 4.69) is 10.3 Å². The van der Waals surface area contributed by atoms with Crippen LogP contribution in [0.3, 0.4) is 0 Å². The van der Waals surface area contributed by atoms with Crippen LogP contribution in [0.2, 0.25) is 0 Å². The van der Waals surface area contributed by atoms with Gasteiger partial charge in [0.05, 0.1) is 23.6 Å². The first-order valence-corrected chi connectivity index (χ1v) is 5.32. The molecule has 1 aliphatic rings. The molecule has 0 aromatic carbocycles. The fourth-order valence-electron chi connectivity index (χ4n) is 1.41. The Balaban J connectivity index is 2.25. The third kappa shape index (κ3) is 2.30. The summed E-state index contributed by atoms with van der Waals surface area (Å²) >= 11 is 0. The number of amides is 1. The van der Waals surface area contributed by atoms with E-state index in [-0.39, 0.29) is 12.5 Å². The second kappa shape index (κ2) is 4.49. The Morgan fingerprint density at radius 2 is 2.44 bits per heavy atom. The van der Waals surface area contributed by atoms with Gasteiger partial charge in [0.15, 0.2) is 0 Å². The lowest BCUT2D eigenvalue weighted by atomic mass is 10.1. The van der Waals surface area contributed by atoms with E-state index in [1.807, 2.05) is 0 Å². The number of nitrogens with two attached hydrogens (primary N) is 1. The molecule has 1 aliphatic carbocycles. The molecule has 1 aromatic rings. The third-order valence-corrected chi connectivity index (χ3v) is 2.44. The number of ether oxygens (including phenoxy) is 1. The van der Waals surface area contributed by atoms with Crippen molar-refractivity contribution in [3.8, 4) is 5.75 Å². The molecule has 1 amide bonds. The van der Waals surface area contributed by atoms with Gasteiger partial charge in [0.1, 0.15) is 5.75 Å². The smallest absolute Gasteiger partial charge is 0.253 e. The number of nitrogens with one attached hydrogen (secondary N) is 1. The van der Waals surface area contributed by atoms with E-state index in [4.69, 9.17) is 10.5 Å². The first-order valence-electron chi connectivity index (χ1n) is 5.32. The Kier molecular flexibility index (Phi) is 3.05. The van der Waals surface area contributed by atoms with Crippen LogP contribution in [-0.4, -0.2) is 24.0 Å². The molecular weight excluding hydrogens is 206 g/mol. The van der Waals surface area contributed by atoms with E-state index < -0.39 is 0 Å². The molecule has 0 unspecified atom stereocenters. The van der Waals surface area contributed by atoms with E-state index in [0.29, 0.717) is 23.1 Å². The van der Waals surface area contributed by atoms with Crippen molar-refractivity contribution in [2.24, 2.45) is 5.73 Å². The summed E-state index contributed by atoms with van der Waals surface area (Å²) in [7, 11) is 1.58. The monoisotopic (exact) mass is 221 g/mol. The summed E-state index contributed by atoms with van der Waals surface area (Å²) in [6, 6.07) is 1.70. The van der Waals surface area contributed by atoms with Crippen molar-refractivity contribution in [1.29, 1.82) is 0 Å². The van der Waals surface area contributed by atoms with Gasteiger partial charge in [0, 0.05) is 13.6 Å². The molecule has 0 aliphatic heterocycles. The van der Waals surface area contributed by atoms with Crippen molar-refractivity contribution in [1.82, 2.24) is 10.3 Å². The second-order valence-electron chi connectivity index (χ2n) is 3.77. The maximum atomic E-state index is 11.6. The second-order valence-corrected chi connectivity index (χ2v) is 3.77. The number of hydrogen-bond acceptors (Lipinski definition) is 4. The molecule has 1 aromatic heterocycles. The van der Waals surface area contributed by atoms with Crippen LogP contribution in [0.1, 0.15) is 28.9 Å². The van der Waals surface area contributed by atoms with Gasteiger partial charge in [-0.05, 0) is 18.9 Å². The molecule has 1 fully saturated rings. The summed E-state index contributed by atoms with van der Waals surface area (Å²) in [6.45, 7) is 0.243. The minimum absolute atomic E-state index is 0.186. The Hall–Kier alpha value is -1.62. The van der Waals surface area contributed by atoms with Crippen molar-refractivity contribution in [3.63, 3.8) is 0 Å². The third-order valence-electron chi connectivity index (χ3n) is 2.44. The molecule has 5 heteroatoms. The summed E-state index contributed by atoms with van der Waals surface area (Å²) in [6.07, 6.45) is 4.07. The number of aromatic nitrogens is 1. The fourth-order valence-corrected chi connectivity index (χ4v) is 1.41. The van der Waals surface area contributed by atoms with Crippen LogP contribution in [0.25, 0.3) is 0 Å². The zero-order chi connectivity index (χ0) is 11.5. The molecule has 0 spiro atoms. The highest BCUT2D eigenvalue weighted by Gasteiger charge is 2.24. The predicted octanol–water partition coefficient (Wildman–Crippen LogP) is 0.441. The van der Waals surface area contributed by atoms with Crippen molar-refractivity contribution in [3.05, 3.63) is 23.5 Å². The Labute approximate surface area is 94.0 Å². The van der Waals surface area contributed by atoms with E-state index in [1.54, 1.807) is 19.3 Å². The van der Waals surface area contributed by atoms with Gasteiger partial charge in [-0.2, -0.15) is 0 Å². The van der Waals surface area contributed by atoms with Crippen molar-refractivity contribution in [2.45, 2.75) is 25.5 Å². The van der Waals surface area contributed by atoms with Gasteiger partial charge >= 0.3 is 0 Å². The summed E-state index contributed by atoms with van der Waals surface area (Å²) < 4.78 is 5.58. The van der Waals surface area contributed by atoms with E-state index in [0.717, 1.165) is 12.8 Å². The number of carbonyl (C=O) groups is 1. The van der Waals surface area contributed by atoms with Gasteiger partial charge in [-0.1, -0.05) is 0 Å². The SMILES string of the molecule is CNC(=O)c1cc(OC2CC2)cnc1CN. The van der Waals surface area contributed by atoms with Gasteiger partial charge in [-0.15, -0.1) is 0 Å². The van der Waals surface area contributed by atoms with Crippen LogP contribution in [0.4, 0.5) is 0 Å². The Morgan fingerprint density at radius 1 is 1.69 bits per heavy atom. The predicted molar refractivity (Wildman–Crippen MR) is 59.2 cm³/mol. The highest BCUT2D eigenvalue weighted by molar-refractivity contribution is 5.95. The zero-order valence-electron chi connectivity index (χ0n) is 9.19. The summed E-state index contributed by atoms with van der Waals surface area (Å²) in [5, 5.41) is 2.56. The first kappa shape index (κ1) is 10.9. The van der Waals surface area contributed by atoms with Crippen LogP contribution in [-0.2, 0) is 6.54 Å². The van der Waals surface area contributed by atoms with Crippen molar-refractivity contribution in [2.75, 3.05) is 7.05 Å². The zero-order valence-corrected chi connectivity index (χ0v) is 9.19. The molecular formula is C11H15N3O2. The number of nitrogens with zero attached hydrogens (tertiary/aromatic N) is 1. The molecule has 1 saturated carbocycles. The van der Waals surface area contributed by atoms with E-state index in [9.17, 15) is 4.79 Å². The average molecular weight is 221 g/mol. The maximum absolute atomic E-state index is 11.6. The average Bonchev–Trinajstić information content (AvgIpc) is 3.12. The number of pyridine rings is 1. The van der Waals surface area contributed by atoms with Gasteiger partial charge in [0.25, 0.3) is 5.91 Å². The normalized spacial score (nSPS) is 14.6. The number of rotatable bonds is 4. The fraction of sp³-hybridized carbons (Fsp3) is 0.455. The van der Waals surface area contributed by atoms with Crippen molar-refractivity contribution >= 4 is 5.91 Å². The minimum atomic E-state index is -0.186. The van der Waals surface area contributed by atoms with Crippen LogP contribution < -0.4 is 15.8 Å². The summed E-state index contributed by atoms with van der Waals surface area (Å²) in [4.78, 5) is 15.7. The van der Waals surface area contributed by atoms with E-state index >= 15 is 0 Å². The van der Waals surface area contributed by atoms with Gasteiger partial charge < -0.3 is 15.8 Å². The molecule has 0 atom stereocenters. The molecule has 3 N–H and O–H groups in total. The number of carbonyl (C=O) groups excluding carboxylic acids is 1. The highest BCUT2D eigenvalue weighted by atomic mass is 16.5. The highest BCUT2D eigenvalue weighted by Crippen LogP contribution is 2.27. The largest absolute Gasteiger partial charge is 0.489 e. The number of hydrogen-bond donors (Lipinski definition) is 2. The summed E-state index contributed by atoms with van der Waals surface area (Å²) in [5.74, 6) is 0.451. The summed E-state index contributed by atoms with van der Waals surface area (Å²) in [5.41, 5.74) is 6.60. The lowest BCUT2D eigenvalue weighted by Gasteiger charge is -2.09. The lowest BCUT2D eigenvalue weighted by Crippen LogP contribution is -2.21. The quantitative estimate of drug-likeness (QED) is 0.773. The van der Waals surface area contributed by atoms with Gasteiger partial charge in [-0.25, -0.2) is 0 Å². The van der Waals surface area contributed by atoms with Crippen LogP contribution in [0, 0.1) is 0 Å². The molecule has 0 bridgehead atoms. The van der Waals surface area contributed by atoms with Crippen LogP contribution in [0.5, 0.6) is 5.75 Å². The molecule has 5 nitrogen and oxygen atoms in total.